The van der Waals surface area contributed by atoms with Gasteiger partial charge in [-0.2, -0.15) is 8.78 Å². The molecule has 0 aliphatic carbocycles. The van der Waals surface area contributed by atoms with Crippen LogP contribution in [0.2, 0.25) is 0 Å². The van der Waals surface area contributed by atoms with Gasteiger partial charge in [0.1, 0.15) is 0 Å². The standard InChI is InChI=1S/C8H4F5NO4/c9-7(10)17-4-2-1-3-5(6(4)14(15)16)18-8(11,12)13/h1-3,7H. The van der Waals surface area contributed by atoms with Gasteiger partial charge in [-0.1, -0.05) is 6.07 Å². The molecular weight excluding hydrogens is 269 g/mol. The van der Waals surface area contributed by atoms with E-state index in [-0.39, 0.29) is 0 Å². The highest BCUT2D eigenvalue weighted by Crippen LogP contribution is 2.39. The molecule has 0 N–H and O–H groups in total. The molecule has 0 atom stereocenters. The molecule has 0 aliphatic heterocycles. The fourth-order valence-electron chi connectivity index (χ4n) is 1.08. The predicted octanol–water partition coefficient (Wildman–Crippen LogP) is 3.09. The van der Waals surface area contributed by atoms with Crippen molar-refractivity contribution in [1.82, 2.24) is 0 Å². The molecule has 0 fully saturated rings. The third-order valence-corrected chi connectivity index (χ3v) is 1.59. The second-order valence-corrected chi connectivity index (χ2v) is 2.79. The molecule has 0 unspecified atom stereocenters. The molecule has 0 aromatic heterocycles. The van der Waals surface area contributed by atoms with Crippen molar-refractivity contribution in [2.75, 3.05) is 0 Å². The van der Waals surface area contributed by atoms with Gasteiger partial charge in [-0.05, 0) is 12.1 Å². The molecule has 0 spiro atoms. The van der Waals surface area contributed by atoms with Crippen molar-refractivity contribution in [3.8, 4) is 11.5 Å². The molecule has 0 saturated heterocycles. The van der Waals surface area contributed by atoms with Crippen LogP contribution in [0.5, 0.6) is 11.5 Å². The quantitative estimate of drug-likeness (QED) is 0.480. The number of nitro groups is 1. The topological polar surface area (TPSA) is 61.6 Å². The summed E-state index contributed by atoms with van der Waals surface area (Å²) in [7, 11) is 0. The Morgan fingerprint density at radius 1 is 1.22 bits per heavy atom. The fraction of sp³-hybridized carbons (Fsp3) is 0.250. The lowest BCUT2D eigenvalue weighted by atomic mass is 10.2. The molecule has 1 rings (SSSR count). The Bertz CT molecular complexity index is 448. The van der Waals surface area contributed by atoms with Gasteiger partial charge in [0.2, 0.25) is 11.5 Å². The first-order valence-corrected chi connectivity index (χ1v) is 4.18. The highest BCUT2D eigenvalue weighted by molar-refractivity contribution is 5.57. The van der Waals surface area contributed by atoms with E-state index in [1.807, 2.05) is 0 Å². The van der Waals surface area contributed by atoms with Crippen LogP contribution in [0.15, 0.2) is 18.2 Å². The van der Waals surface area contributed by atoms with Gasteiger partial charge in [0, 0.05) is 0 Å². The molecule has 18 heavy (non-hydrogen) atoms. The molecule has 5 nitrogen and oxygen atoms in total. The molecule has 10 heteroatoms. The number of hydrogen-bond acceptors (Lipinski definition) is 4. The van der Waals surface area contributed by atoms with E-state index in [2.05, 4.69) is 9.47 Å². The molecule has 100 valence electrons. The number of nitrogens with zero attached hydrogens (tertiary/aromatic N) is 1. The maximum absolute atomic E-state index is 11.9. The molecule has 0 bridgehead atoms. The minimum atomic E-state index is -5.19. The van der Waals surface area contributed by atoms with Crippen molar-refractivity contribution >= 4 is 5.69 Å². The Hall–Kier alpha value is -2.13. The molecule has 0 saturated carbocycles. The first-order valence-electron chi connectivity index (χ1n) is 4.18. The summed E-state index contributed by atoms with van der Waals surface area (Å²) in [4.78, 5) is 9.24. The molecule has 1 aromatic rings. The van der Waals surface area contributed by atoms with E-state index in [0.717, 1.165) is 12.1 Å². The number of benzene rings is 1. The Morgan fingerprint density at radius 3 is 2.22 bits per heavy atom. The van der Waals surface area contributed by atoms with Crippen LogP contribution in [0.4, 0.5) is 27.6 Å². The zero-order valence-electron chi connectivity index (χ0n) is 8.28. The van der Waals surface area contributed by atoms with Crippen LogP contribution in [0.1, 0.15) is 0 Å². The SMILES string of the molecule is O=[N+]([O-])c1c(OC(F)F)cccc1OC(F)(F)F. The minimum absolute atomic E-state index is 0.615. The zero-order valence-corrected chi connectivity index (χ0v) is 8.28. The lowest BCUT2D eigenvalue weighted by molar-refractivity contribution is -0.390. The lowest BCUT2D eigenvalue weighted by Crippen LogP contribution is -2.18. The van der Waals surface area contributed by atoms with Crippen molar-refractivity contribution in [3.63, 3.8) is 0 Å². The molecule has 0 aliphatic rings. The highest BCUT2D eigenvalue weighted by Gasteiger charge is 2.36. The Labute approximate surface area is 95.9 Å². The minimum Gasteiger partial charge on any atom is -0.427 e. The highest BCUT2D eigenvalue weighted by atomic mass is 19.4. The van der Waals surface area contributed by atoms with E-state index < -0.39 is 35.1 Å². The first kappa shape index (κ1) is 13.9. The van der Waals surface area contributed by atoms with Gasteiger partial charge < -0.3 is 9.47 Å². The third kappa shape index (κ3) is 3.71. The summed E-state index contributed by atoms with van der Waals surface area (Å²) in [5, 5.41) is 10.5. The van der Waals surface area contributed by atoms with Crippen molar-refractivity contribution in [3.05, 3.63) is 28.3 Å². The molecule has 1 aromatic carbocycles. The van der Waals surface area contributed by atoms with E-state index in [4.69, 9.17) is 0 Å². The summed E-state index contributed by atoms with van der Waals surface area (Å²) < 4.78 is 66.8. The van der Waals surface area contributed by atoms with Gasteiger partial charge in [-0.25, -0.2) is 0 Å². The smallest absolute Gasteiger partial charge is 0.427 e. The van der Waals surface area contributed by atoms with Crippen LogP contribution in [-0.2, 0) is 0 Å². The van der Waals surface area contributed by atoms with Crippen LogP contribution < -0.4 is 9.47 Å². The largest absolute Gasteiger partial charge is 0.573 e. The Balaban J connectivity index is 3.22. The average molecular weight is 273 g/mol. The second kappa shape index (κ2) is 5.02. The van der Waals surface area contributed by atoms with E-state index in [1.165, 1.54) is 0 Å². The van der Waals surface area contributed by atoms with Gasteiger partial charge in [-0.15, -0.1) is 13.2 Å². The van der Waals surface area contributed by atoms with Crippen LogP contribution >= 0.6 is 0 Å². The lowest BCUT2D eigenvalue weighted by Gasteiger charge is -2.11. The normalized spacial score (nSPS) is 11.4. The summed E-state index contributed by atoms with van der Waals surface area (Å²) in [6.45, 7) is -3.41. The molecular formula is C8H4F5NO4. The number of ether oxygens (including phenoxy) is 2. The van der Waals surface area contributed by atoms with E-state index >= 15 is 0 Å². The van der Waals surface area contributed by atoms with Gasteiger partial charge in [-0.3, -0.25) is 10.1 Å². The Morgan fingerprint density at radius 2 is 1.78 bits per heavy atom. The number of rotatable bonds is 4. The van der Waals surface area contributed by atoms with E-state index in [9.17, 15) is 32.1 Å². The first-order chi connectivity index (χ1) is 8.20. The number of hydrogen-bond donors (Lipinski definition) is 0. The van der Waals surface area contributed by atoms with Crippen LogP contribution in [-0.4, -0.2) is 17.9 Å². The summed E-state index contributed by atoms with van der Waals surface area (Å²) >= 11 is 0. The van der Waals surface area contributed by atoms with E-state index in [1.54, 1.807) is 0 Å². The van der Waals surface area contributed by atoms with Crippen LogP contribution in [0.25, 0.3) is 0 Å². The number of halogens is 5. The van der Waals surface area contributed by atoms with Crippen LogP contribution in [0.3, 0.4) is 0 Å². The Kier molecular flexibility index (Phi) is 3.89. The van der Waals surface area contributed by atoms with Gasteiger partial charge in [0.05, 0.1) is 4.92 Å². The summed E-state index contributed by atoms with van der Waals surface area (Å²) in [6, 6.07) is 2.20. The summed E-state index contributed by atoms with van der Waals surface area (Å²) in [6.07, 6.45) is -5.19. The molecule has 0 radical (unpaired) electrons. The summed E-state index contributed by atoms with van der Waals surface area (Å²) in [5.41, 5.74) is -1.32. The van der Waals surface area contributed by atoms with Gasteiger partial charge >= 0.3 is 18.7 Å². The maximum atomic E-state index is 11.9. The van der Waals surface area contributed by atoms with Crippen molar-refractivity contribution in [2.45, 2.75) is 13.0 Å². The van der Waals surface area contributed by atoms with Crippen LogP contribution in [0, 0.1) is 10.1 Å². The monoisotopic (exact) mass is 273 g/mol. The molecule has 0 heterocycles. The number of alkyl halides is 5. The molecule has 0 amide bonds. The third-order valence-electron chi connectivity index (χ3n) is 1.59. The van der Waals surface area contributed by atoms with E-state index in [0.29, 0.717) is 6.07 Å². The fourth-order valence-corrected chi connectivity index (χ4v) is 1.08. The van der Waals surface area contributed by atoms with Crippen molar-refractivity contribution in [2.24, 2.45) is 0 Å². The van der Waals surface area contributed by atoms with Gasteiger partial charge in [0.25, 0.3) is 0 Å². The van der Waals surface area contributed by atoms with Crippen molar-refractivity contribution in [1.29, 1.82) is 0 Å². The zero-order chi connectivity index (χ0) is 13.9. The van der Waals surface area contributed by atoms with Crippen molar-refractivity contribution < 1.29 is 36.3 Å². The second-order valence-electron chi connectivity index (χ2n) is 2.79. The predicted molar refractivity (Wildman–Crippen MR) is 46.4 cm³/mol. The number of nitro benzene ring substituents is 1. The number of para-hydroxylation sites is 1. The maximum Gasteiger partial charge on any atom is 0.573 e. The van der Waals surface area contributed by atoms with Gasteiger partial charge in [0.15, 0.2) is 0 Å². The summed E-state index contributed by atoms with van der Waals surface area (Å²) in [5.74, 6) is -2.25. The average Bonchev–Trinajstić information content (AvgIpc) is 2.13.